The van der Waals surface area contributed by atoms with E-state index in [1.165, 1.54) is 22.2 Å². The van der Waals surface area contributed by atoms with Gasteiger partial charge in [-0.15, -0.1) is 0 Å². The molecule has 4 heterocycles. The Balaban J connectivity index is 1.59. The third-order valence-electron chi connectivity index (χ3n) is 5.79. The molecular weight excluding hydrogens is 357 g/mol. The lowest BCUT2D eigenvalue weighted by Crippen LogP contribution is -2.50. The lowest BCUT2D eigenvalue weighted by Gasteiger charge is -2.23. The lowest BCUT2D eigenvalue weighted by atomic mass is 9.54. The fraction of sp³-hybridized carbons (Fsp3) is 0.167. The molecule has 0 amide bonds. The molecule has 0 fully saturated rings. The third-order valence-corrected chi connectivity index (χ3v) is 5.79. The summed E-state index contributed by atoms with van der Waals surface area (Å²) in [6.45, 7) is 6.53. The first-order valence-corrected chi connectivity index (χ1v) is 9.95. The summed E-state index contributed by atoms with van der Waals surface area (Å²) in [7, 11) is 2.11. The van der Waals surface area contributed by atoms with Crippen molar-refractivity contribution < 1.29 is 8.98 Å². The van der Waals surface area contributed by atoms with Crippen LogP contribution in [-0.4, -0.2) is 11.8 Å². The smallest absolute Gasteiger partial charge is 0.413 e. The van der Waals surface area contributed by atoms with Crippen LogP contribution in [0.15, 0.2) is 65.3 Å². The Morgan fingerprint density at radius 2 is 1.86 bits per heavy atom. The summed E-state index contributed by atoms with van der Waals surface area (Å²) in [6, 6.07) is 17.0. The number of aromatic nitrogens is 2. The lowest BCUT2D eigenvalue weighted by molar-refractivity contribution is -0.657. The SMILES string of the molecule is CB1c2c(oc3nc(C)ccc23)C=CN1c1cc(C)c(-c2ccccc2)c[n+]1C. The van der Waals surface area contributed by atoms with Crippen molar-refractivity contribution in [3.8, 4) is 11.1 Å². The van der Waals surface area contributed by atoms with Gasteiger partial charge in [0.15, 0.2) is 0 Å². The quantitative estimate of drug-likeness (QED) is 0.385. The zero-order chi connectivity index (χ0) is 20.1. The van der Waals surface area contributed by atoms with Crippen molar-refractivity contribution in [2.75, 3.05) is 4.81 Å². The highest BCUT2D eigenvalue weighted by Gasteiger charge is 2.37. The van der Waals surface area contributed by atoms with E-state index >= 15 is 0 Å². The zero-order valence-electron chi connectivity index (χ0n) is 17.2. The number of anilines is 1. The minimum atomic E-state index is 0.147. The Hall–Kier alpha value is -3.34. The molecule has 1 aromatic carbocycles. The summed E-state index contributed by atoms with van der Waals surface area (Å²) in [6.07, 6.45) is 6.38. The number of pyridine rings is 2. The van der Waals surface area contributed by atoms with Gasteiger partial charge in [0.1, 0.15) is 5.76 Å². The van der Waals surface area contributed by atoms with E-state index in [-0.39, 0.29) is 6.85 Å². The number of furan rings is 1. The zero-order valence-corrected chi connectivity index (χ0v) is 17.2. The molecule has 1 aliphatic rings. The summed E-state index contributed by atoms with van der Waals surface area (Å²) in [5.41, 5.74) is 6.62. The van der Waals surface area contributed by atoms with E-state index in [0.717, 1.165) is 22.7 Å². The van der Waals surface area contributed by atoms with Crippen molar-refractivity contribution in [1.82, 2.24) is 4.98 Å². The first-order chi connectivity index (χ1) is 14.0. The van der Waals surface area contributed by atoms with E-state index in [9.17, 15) is 0 Å². The monoisotopic (exact) mass is 380 g/mol. The highest BCUT2D eigenvalue weighted by atomic mass is 16.3. The van der Waals surface area contributed by atoms with Crippen molar-refractivity contribution in [1.29, 1.82) is 0 Å². The van der Waals surface area contributed by atoms with Gasteiger partial charge >= 0.3 is 6.85 Å². The van der Waals surface area contributed by atoms with Crippen LogP contribution in [0.3, 0.4) is 0 Å². The average molecular weight is 380 g/mol. The van der Waals surface area contributed by atoms with Crippen molar-refractivity contribution in [2.45, 2.75) is 20.7 Å². The summed E-state index contributed by atoms with van der Waals surface area (Å²) in [5, 5.41) is 1.09. The third kappa shape index (κ3) is 2.85. The van der Waals surface area contributed by atoms with Gasteiger partial charge in [-0.1, -0.05) is 30.3 Å². The molecule has 29 heavy (non-hydrogen) atoms. The highest BCUT2D eigenvalue weighted by molar-refractivity contribution is 6.79. The minimum Gasteiger partial charge on any atom is -0.439 e. The summed E-state index contributed by atoms with van der Waals surface area (Å²) in [4.78, 5) is 6.87. The second-order valence-corrected chi connectivity index (χ2v) is 7.79. The number of hydrogen-bond acceptors (Lipinski definition) is 3. The standard InChI is InChI=1S/C24H23BN3O/c1-16-14-22(27(4)15-20(16)18-8-6-5-7-9-18)28-13-12-21-23(25(28)3)19-11-10-17(2)26-24(19)29-21/h5-15H,1-4H3/q+1. The van der Waals surface area contributed by atoms with Gasteiger partial charge in [-0.2, -0.15) is 0 Å². The van der Waals surface area contributed by atoms with Crippen LogP contribution in [0, 0.1) is 13.8 Å². The van der Waals surface area contributed by atoms with Crippen molar-refractivity contribution in [2.24, 2.45) is 7.05 Å². The number of rotatable bonds is 2. The summed E-state index contributed by atoms with van der Waals surface area (Å²) in [5.74, 6) is 2.05. The van der Waals surface area contributed by atoms with Gasteiger partial charge in [0, 0.05) is 34.2 Å². The topological polar surface area (TPSA) is 33.2 Å². The van der Waals surface area contributed by atoms with Crippen LogP contribution in [0.1, 0.15) is 17.0 Å². The normalized spacial score (nSPS) is 13.2. The molecule has 0 aliphatic carbocycles. The minimum absolute atomic E-state index is 0.147. The van der Waals surface area contributed by atoms with Crippen molar-refractivity contribution in [3.05, 3.63) is 77.9 Å². The number of benzene rings is 1. The number of aryl methyl sites for hydroxylation is 3. The second-order valence-electron chi connectivity index (χ2n) is 7.79. The van der Waals surface area contributed by atoms with E-state index in [0.29, 0.717) is 5.71 Å². The Kier molecular flexibility index (Phi) is 4.05. The van der Waals surface area contributed by atoms with Crippen LogP contribution in [0.4, 0.5) is 5.82 Å². The second kappa shape index (κ2) is 6.62. The van der Waals surface area contributed by atoms with Crippen LogP contribution in [-0.2, 0) is 7.05 Å². The molecule has 0 unspecified atom stereocenters. The summed E-state index contributed by atoms with van der Waals surface area (Å²) < 4.78 is 8.23. The maximum Gasteiger partial charge on any atom is 0.413 e. The van der Waals surface area contributed by atoms with E-state index < -0.39 is 0 Å². The molecule has 0 saturated heterocycles. The molecule has 3 aromatic heterocycles. The van der Waals surface area contributed by atoms with Gasteiger partial charge < -0.3 is 4.42 Å². The van der Waals surface area contributed by atoms with Crippen LogP contribution in [0.25, 0.3) is 28.3 Å². The van der Waals surface area contributed by atoms with Crippen LogP contribution < -0.4 is 14.8 Å². The molecule has 0 atom stereocenters. The number of nitrogens with zero attached hydrogens (tertiary/aromatic N) is 3. The molecule has 1 aliphatic heterocycles. The molecule has 5 heteroatoms. The van der Waals surface area contributed by atoms with Crippen molar-refractivity contribution in [3.63, 3.8) is 0 Å². The van der Waals surface area contributed by atoms with Crippen LogP contribution >= 0.6 is 0 Å². The van der Waals surface area contributed by atoms with Gasteiger partial charge in [-0.25, -0.2) is 9.55 Å². The first kappa shape index (κ1) is 17.7. The van der Waals surface area contributed by atoms with Gasteiger partial charge in [-0.3, -0.25) is 4.81 Å². The van der Waals surface area contributed by atoms with Crippen molar-refractivity contribution >= 4 is 35.3 Å². The number of hydrogen-bond donors (Lipinski definition) is 0. The maximum atomic E-state index is 6.03. The molecule has 4 aromatic rings. The molecule has 5 rings (SSSR count). The Labute approximate surface area is 171 Å². The van der Waals surface area contributed by atoms with Gasteiger partial charge in [0.25, 0.3) is 5.82 Å². The Bertz CT molecular complexity index is 1260. The fourth-order valence-corrected chi connectivity index (χ4v) is 4.26. The predicted octanol–water partition coefficient (Wildman–Crippen LogP) is 4.26. The Morgan fingerprint density at radius 1 is 1.07 bits per heavy atom. The van der Waals surface area contributed by atoms with E-state index in [4.69, 9.17) is 4.42 Å². The Morgan fingerprint density at radius 3 is 2.66 bits per heavy atom. The van der Waals surface area contributed by atoms with Crippen LogP contribution in [0.2, 0.25) is 6.82 Å². The summed E-state index contributed by atoms with van der Waals surface area (Å²) >= 11 is 0. The number of fused-ring (bicyclic) bond motifs is 3. The van der Waals surface area contributed by atoms with E-state index in [1.807, 2.05) is 19.1 Å². The largest absolute Gasteiger partial charge is 0.439 e. The van der Waals surface area contributed by atoms with Gasteiger partial charge in [-0.05, 0) is 43.9 Å². The van der Waals surface area contributed by atoms with Gasteiger partial charge in [0.2, 0.25) is 5.71 Å². The molecule has 0 radical (unpaired) electrons. The van der Waals surface area contributed by atoms with E-state index in [2.05, 4.69) is 90.0 Å². The molecule has 0 saturated carbocycles. The molecule has 142 valence electrons. The fourth-order valence-electron chi connectivity index (χ4n) is 4.26. The average Bonchev–Trinajstić information content (AvgIpc) is 3.09. The molecule has 0 bridgehead atoms. The molecule has 0 spiro atoms. The molecule has 0 N–H and O–H groups in total. The molecular formula is C24H23BN3O+. The van der Waals surface area contributed by atoms with Crippen LogP contribution in [0.5, 0.6) is 0 Å². The highest BCUT2D eigenvalue weighted by Crippen LogP contribution is 2.28. The molecule has 4 nitrogen and oxygen atoms in total. The first-order valence-electron chi connectivity index (χ1n) is 9.95. The van der Waals surface area contributed by atoms with Gasteiger partial charge in [0.05, 0.1) is 19.4 Å². The van der Waals surface area contributed by atoms with E-state index in [1.54, 1.807) is 0 Å². The maximum absolute atomic E-state index is 6.03. The predicted molar refractivity (Wildman–Crippen MR) is 119 cm³/mol.